The Morgan fingerprint density at radius 2 is 1.78 bits per heavy atom. The van der Waals surface area contributed by atoms with Gasteiger partial charge < -0.3 is 10.4 Å². The van der Waals surface area contributed by atoms with Crippen LogP contribution >= 0.6 is 0 Å². The van der Waals surface area contributed by atoms with Crippen molar-refractivity contribution in [2.24, 2.45) is 0 Å². The fraction of sp³-hybridized carbons (Fsp3) is 0.588. The van der Waals surface area contributed by atoms with Crippen molar-refractivity contribution in [2.75, 3.05) is 6.54 Å². The summed E-state index contributed by atoms with van der Waals surface area (Å²) in [5.41, 5.74) is 0.531. The Bertz CT molecular complexity index is 488. The van der Waals surface area contributed by atoms with Gasteiger partial charge in [-0.05, 0) is 24.1 Å². The molecule has 2 N–H and O–H groups in total. The predicted octanol–water partition coefficient (Wildman–Crippen LogP) is 3.50. The molecule has 1 rings (SSSR count). The first-order chi connectivity index (χ1) is 11.0. The molecule has 0 spiro atoms. The highest BCUT2D eigenvalue weighted by Gasteiger charge is 2.11. The predicted molar refractivity (Wildman–Crippen MR) is 89.1 cm³/mol. The van der Waals surface area contributed by atoms with E-state index in [1.807, 2.05) is 0 Å². The van der Waals surface area contributed by atoms with Gasteiger partial charge in [-0.3, -0.25) is 14.9 Å². The number of rotatable bonds is 11. The molecule has 0 radical (unpaired) electrons. The second-order valence-electron chi connectivity index (χ2n) is 5.69. The third-order valence-electron chi connectivity index (χ3n) is 3.74. The van der Waals surface area contributed by atoms with E-state index in [2.05, 4.69) is 12.2 Å². The number of nitrogens with one attached hydrogen (secondary N) is 1. The van der Waals surface area contributed by atoms with E-state index < -0.39 is 11.0 Å². The molecule has 0 aliphatic rings. The van der Waals surface area contributed by atoms with E-state index >= 15 is 0 Å². The lowest BCUT2D eigenvalue weighted by atomic mass is 10.1. The minimum absolute atomic E-state index is 0.0203. The smallest absolute Gasteiger partial charge is 0.269 e. The zero-order chi connectivity index (χ0) is 17.1. The second-order valence-corrected chi connectivity index (χ2v) is 5.69. The zero-order valence-corrected chi connectivity index (χ0v) is 13.7. The lowest BCUT2D eigenvalue weighted by molar-refractivity contribution is -0.384. The molecule has 1 atom stereocenters. The lowest BCUT2D eigenvalue weighted by Crippen LogP contribution is -2.28. The largest absolute Gasteiger partial charge is 0.387 e. The van der Waals surface area contributed by atoms with Gasteiger partial charge in [-0.2, -0.15) is 0 Å². The first-order valence-electron chi connectivity index (χ1n) is 8.23. The number of unbranched alkanes of at least 4 members (excludes halogenated alkanes) is 5. The van der Waals surface area contributed by atoms with Crippen LogP contribution in [0.5, 0.6) is 0 Å². The molecule has 1 amide bonds. The van der Waals surface area contributed by atoms with E-state index in [1.165, 1.54) is 43.5 Å². The van der Waals surface area contributed by atoms with Crippen LogP contribution in [-0.2, 0) is 4.79 Å². The molecule has 0 saturated heterocycles. The number of aliphatic hydroxyl groups excluding tert-OH is 1. The normalized spacial score (nSPS) is 11.9. The van der Waals surface area contributed by atoms with Crippen LogP contribution in [0.15, 0.2) is 24.3 Å². The molecular weight excluding hydrogens is 296 g/mol. The Morgan fingerprint density at radius 3 is 2.39 bits per heavy atom. The summed E-state index contributed by atoms with van der Waals surface area (Å²) in [7, 11) is 0. The van der Waals surface area contributed by atoms with Gasteiger partial charge in [-0.1, -0.05) is 39.0 Å². The third kappa shape index (κ3) is 7.74. The molecule has 0 heterocycles. The van der Waals surface area contributed by atoms with Crippen molar-refractivity contribution < 1.29 is 14.8 Å². The fourth-order valence-electron chi connectivity index (χ4n) is 2.30. The number of amides is 1. The van der Waals surface area contributed by atoms with Crippen molar-refractivity contribution >= 4 is 11.6 Å². The topological polar surface area (TPSA) is 92.5 Å². The van der Waals surface area contributed by atoms with Crippen LogP contribution in [0.2, 0.25) is 0 Å². The van der Waals surface area contributed by atoms with Gasteiger partial charge in [-0.25, -0.2) is 0 Å². The highest BCUT2D eigenvalue weighted by atomic mass is 16.6. The van der Waals surface area contributed by atoms with Crippen LogP contribution in [-0.4, -0.2) is 22.5 Å². The number of nitro groups is 1. The van der Waals surface area contributed by atoms with Gasteiger partial charge >= 0.3 is 0 Å². The zero-order valence-electron chi connectivity index (χ0n) is 13.7. The van der Waals surface area contributed by atoms with Gasteiger partial charge in [0.25, 0.3) is 5.69 Å². The van der Waals surface area contributed by atoms with Crippen molar-refractivity contribution in [1.82, 2.24) is 5.32 Å². The molecule has 1 unspecified atom stereocenters. The molecule has 0 aliphatic heterocycles. The Balaban J connectivity index is 2.23. The van der Waals surface area contributed by atoms with Crippen LogP contribution in [0.4, 0.5) is 5.69 Å². The SMILES string of the molecule is CCCCCCCCC(=O)NCC(O)c1ccc([N+](=O)[O-])cc1. The molecule has 0 aliphatic carbocycles. The van der Waals surface area contributed by atoms with Crippen molar-refractivity contribution in [1.29, 1.82) is 0 Å². The van der Waals surface area contributed by atoms with E-state index in [1.54, 1.807) is 0 Å². The van der Waals surface area contributed by atoms with Crippen molar-refractivity contribution in [3.05, 3.63) is 39.9 Å². The first kappa shape index (κ1) is 19.1. The Labute approximate surface area is 137 Å². The molecule has 6 heteroatoms. The molecule has 6 nitrogen and oxygen atoms in total. The number of hydrogen-bond acceptors (Lipinski definition) is 4. The minimum atomic E-state index is -0.857. The summed E-state index contributed by atoms with van der Waals surface area (Å²) in [6.45, 7) is 2.29. The molecule has 1 aromatic rings. The number of nitrogens with zero attached hydrogens (tertiary/aromatic N) is 1. The second kappa shape index (κ2) is 10.7. The average Bonchev–Trinajstić information content (AvgIpc) is 2.55. The molecular formula is C17H26N2O4. The van der Waals surface area contributed by atoms with Crippen LogP contribution < -0.4 is 5.32 Å². The molecule has 0 aromatic heterocycles. The highest BCUT2D eigenvalue weighted by molar-refractivity contribution is 5.75. The summed E-state index contributed by atoms with van der Waals surface area (Å²) in [4.78, 5) is 21.8. The number of carbonyl (C=O) groups is 1. The molecule has 0 saturated carbocycles. The summed E-state index contributed by atoms with van der Waals surface area (Å²) in [6.07, 6.45) is 6.36. The number of non-ortho nitro benzene ring substituents is 1. The maximum Gasteiger partial charge on any atom is 0.269 e. The third-order valence-corrected chi connectivity index (χ3v) is 3.74. The number of nitro benzene ring substituents is 1. The summed E-state index contributed by atoms with van der Waals surface area (Å²) in [5, 5.41) is 23.2. The van der Waals surface area contributed by atoms with Gasteiger partial charge in [0.2, 0.25) is 5.91 Å². The van der Waals surface area contributed by atoms with Gasteiger partial charge in [0.15, 0.2) is 0 Å². The number of hydrogen-bond donors (Lipinski definition) is 2. The van der Waals surface area contributed by atoms with Crippen LogP contribution in [0.1, 0.15) is 63.5 Å². The number of benzene rings is 1. The van der Waals surface area contributed by atoms with Crippen LogP contribution in [0, 0.1) is 10.1 Å². The number of aliphatic hydroxyl groups is 1. The monoisotopic (exact) mass is 322 g/mol. The fourth-order valence-corrected chi connectivity index (χ4v) is 2.30. The van der Waals surface area contributed by atoms with Crippen molar-refractivity contribution in [3.63, 3.8) is 0 Å². The first-order valence-corrected chi connectivity index (χ1v) is 8.23. The highest BCUT2D eigenvalue weighted by Crippen LogP contribution is 2.17. The summed E-state index contributed by atoms with van der Waals surface area (Å²) in [6, 6.07) is 5.69. The summed E-state index contributed by atoms with van der Waals surface area (Å²) in [5.74, 6) is -0.0681. The molecule has 1 aromatic carbocycles. The maximum absolute atomic E-state index is 11.7. The molecule has 128 valence electrons. The van der Waals surface area contributed by atoms with E-state index in [9.17, 15) is 20.0 Å². The van der Waals surface area contributed by atoms with Gasteiger partial charge in [0, 0.05) is 25.1 Å². The van der Waals surface area contributed by atoms with Crippen molar-refractivity contribution in [2.45, 2.75) is 58.0 Å². The van der Waals surface area contributed by atoms with Crippen molar-refractivity contribution in [3.8, 4) is 0 Å². The molecule has 23 heavy (non-hydrogen) atoms. The Kier molecular flexibility index (Phi) is 8.90. The summed E-state index contributed by atoms with van der Waals surface area (Å²) < 4.78 is 0. The minimum Gasteiger partial charge on any atom is -0.387 e. The summed E-state index contributed by atoms with van der Waals surface area (Å²) >= 11 is 0. The lowest BCUT2D eigenvalue weighted by Gasteiger charge is -2.12. The average molecular weight is 322 g/mol. The van der Waals surface area contributed by atoms with Gasteiger partial charge in [0.05, 0.1) is 11.0 Å². The van der Waals surface area contributed by atoms with E-state index in [-0.39, 0.29) is 18.1 Å². The molecule has 0 bridgehead atoms. The van der Waals surface area contributed by atoms with Gasteiger partial charge in [-0.15, -0.1) is 0 Å². The maximum atomic E-state index is 11.7. The standard InChI is InChI=1S/C17H26N2O4/c1-2-3-4-5-6-7-8-17(21)18-13-16(20)14-9-11-15(12-10-14)19(22)23/h9-12,16,20H,2-8,13H2,1H3,(H,18,21). The van der Waals surface area contributed by atoms with E-state index in [0.717, 1.165) is 19.3 Å². The van der Waals surface area contributed by atoms with E-state index in [4.69, 9.17) is 0 Å². The quantitative estimate of drug-likeness (QED) is 0.370. The van der Waals surface area contributed by atoms with Crippen LogP contribution in [0.25, 0.3) is 0 Å². The molecule has 0 fully saturated rings. The van der Waals surface area contributed by atoms with Gasteiger partial charge in [0.1, 0.15) is 0 Å². The van der Waals surface area contributed by atoms with Crippen LogP contribution in [0.3, 0.4) is 0 Å². The Hall–Kier alpha value is -1.95. The number of carbonyl (C=O) groups excluding carboxylic acids is 1. The Morgan fingerprint density at radius 1 is 1.17 bits per heavy atom. The van der Waals surface area contributed by atoms with E-state index in [0.29, 0.717) is 12.0 Å².